The summed E-state index contributed by atoms with van der Waals surface area (Å²) in [6.07, 6.45) is 0.262. The summed E-state index contributed by atoms with van der Waals surface area (Å²) in [7, 11) is 1.31. The van der Waals surface area contributed by atoms with E-state index < -0.39 is 0 Å². The summed E-state index contributed by atoms with van der Waals surface area (Å²) >= 11 is 1.38. The van der Waals surface area contributed by atoms with Crippen LogP contribution in [0.1, 0.15) is 28.1 Å². The van der Waals surface area contributed by atoms with Gasteiger partial charge < -0.3 is 9.84 Å². The molecule has 1 heterocycles. The van der Waals surface area contributed by atoms with Gasteiger partial charge in [-0.1, -0.05) is 12.1 Å². The fraction of sp³-hybridized carbons (Fsp3) is 0.286. The zero-order valence-corrected chi connectivity index (χ0v) is 11.3. The number of aliphatic hydroxyl groups is 1. The Bertz CT molecular complexity index is 615. The van der Waals surface area contributed by atoms with Gasteiger partial charge in [0.1, 0.15) is 0 Å². The molecule has 1 aromatic heterocycles. The van der Waals surface area contributed by atoms with Crippen LogP contribution in [0.2, 0.25) is 0 Å². The van der Waals surface area contributed by atoms with Crippen LogP contribution < -0.4 is 0 Å². The van der Waals surface area contributed by atoms with E-state index in [2.05, 4.69) is 4.74 Å². The first-order chi connectivity index (χ1) is 9.13. The molecular weight excluding hydrogens is 264 g/mol. The third-order valence-electron chi connectivity index (χ3n) is 2.83. The molecule has 1 N–H and O–H groups in total. The minimum Gasteiger partial charge on any atom is -0.469 e. The number of carbonyl (C=O) groups excluding carboxylic acids is 2. The van der Waals surface area contributed by atoms with Crippen LogP contribution >= 0.6 is 11.3 Å². The maximum atomic E-state index is 11.9. The molecule has 1 aromatic carbocycles. The number of Topliss-reactive ketones (excluding diaryl/α,β-unsaturated/α-hetero) is 1. The molecule has 100 valence electrons. The number of thiophene rings is 1. The predicted molar refractivity (Wildman–Crippen MR) is 73.3 cm³/mol. The quantitative estimate of drug-likeness (QED) is 0.674. The van der Waals surface area contributed by atoms with Crippen LogP contribution in [0.3, 0.4) is 0 Å². The van der Waals surface area contributed by atoms with Crippen molar-refractivity contribution in [1.82, 2.24) is 0 Å². The smallest absolute Gasteiger partial charge is 0.305 e. The summed E-state index contributed by atoms with van der Waals surface area (Å²) in [6, 6.07) is 7.41. The van der Waals surface area contributed by atoms with Crippen LogP contribution in [0.4, 0.5) is 0 Å². The van der Waals surface area contributed by atoms with Gasteiger partial charge in [0.25, 0.3) is 0 Å². The van der Waals surface area contributed by atoms with Gasteiger partial charge in [0.05, 0.1) is 25.0 Å². The number of ketones is 1. The first-order valence-corrected chi connectivity index (χ1v) is 6.69. The van der Waals surface area contributed by atoms with Gasteiger partial charge in [-0.3, -0.25) is 9.59 Å². The van der Waals surface area contributed by atoms with Crippen molar-refractivity contribution in [2.45, 2.75) is 19.4 Å². The second-order valence-corrected chi connectivity index (χ2v) is 5.22. The highest BCUT2D eigenvalue weighted by atomic mass is 32.1. The fourth-order valence-corrected chi connectivity index (χ4v) is 2.85. The van der Waals surface area contributed by atoms with Gasteiger partial charge in [-0.25, -0.2) is 0 Å². The molecule has 0 radical (unpaired) electrons. The average Bonchev–Trinajstić information content (AvgIpc) is 2.86. The van der Waals surface area contributed by atoms with Crippen LogP contribution in [0.5, 0.6) is 0 Å². The molecule has 0 atom stereocenters. The summed E-state index contributed by atoms with van der Waals surface area (Å²) < 4.78 is 5.48. The Labute approximate surface area is 114 Å². The number of methoxy groups -OCH3 is 1. The topological polar surface area (TPSA) is 63.6 Å². The molecule has 19 heavy (non-hydrogen) atoms. The lowest BCUT2D eigenvalue weighted by molar-refractivity contribution is -0.140. The van der Waals surface area contributed by atoms with E-state index in [1.54, 1.807) is 0 Å². The van der Waals surface area contributed by atoms with Crippen molar-refractivity contribution in [3.05, 3.63) is 34.7 Å². The third kappa shape index (κ3) is 3.19. The van der Waals surface area contributed by atoms with Gasteiger partial charge in [0.2, 0.25) is 0 Å². The molecule has 0 aliphatic heterocycles. The van der Waals surface area contributed by atoms with Crippen molar-refractivity contribution in [2.75, 3.05) is 7.11 Å². The van der Waals surface area contributed by atoms with E-state index in [1.807, 2.05) is 24.3 Å². The molecule has 5 heteroatoms. The summed E-state index contributed by atoms with van der Waals surface area (Å²) in [5.74, 6) is -0.436. The Kier molecular flexibility index (Phi) is 4.29. The van der Waals surface area contributed by atoms with Crippen LogP contribution in [-0.4, -0.2) is 24.0 Å². The number of fused-ring (bicyclic) bond motifs is 1. The molecule has 2 rings (SSSR count). The number of rotatable bonds is 5. The number of hydrogen-bond acceptors (Lipinski definition) is 5. The minimum absolute atomic E-state index is 0.0144. The van der Waals surface area contributed by atoms with E-state index in [0.29, 0.717) is 4.88 Å². The van der Waals surface area contributed by atoms with Gasteiger partial charge >= 0.3 is 5.97 Å². The van der Waals surface area contributed by atoms with Crippen LogP contribution in [-0.2, 0) is 16.1 Å². The van der Waals surface area contributed by atoms with Crippen molar-refractivity contribution in [1.29, 1.82) is 0 Å². The van der Waals surface area contributed by atoms with E-state index in [1.165, 1.54) is 18.4 Å². The van der Waals surface area contributed by atoms with Crippen LogP contribution in [0, 0.1) is 0 Å². The lowest BCUT2D eigenvalue weighted by Gasteiger charge is -1.96. The second-order valence-electron chi connectivity index (χ2n) is 4.14. The molecule has 0 fully saturated rings. The minimum atomic E-state index is -0.378. The average molecular weight is 278 g/mol. The highest BCUT2D eigenvalue weighted by Crippen LogP contribution is 2.27. The van der Waals surface area contributed by atoms with Gasteiger partial charge in [0, 0.05) is 11.1 Å². The first-order valence-electron chi connectivity index (χ1n) is 5.87. The van der Waals surface area contributed by atoms with Gasteiger partial charge in [0.15, 0.2) is 5.78 Å². The lowest BCUT2D eigenvalue weighted by Crippen LogP contribution is -2.04. The highest BCUT2D eigenvalue weighted by molar-refractivity contribution is 7.20. The van der Waals surface area contributed by atoms with Crippen molar-refractivity contribution >= 4 is 33.2 Å². The molecular formula is C14H14O4S. The number of carbonyl (C=O) groups is 2. The Morgan fingerprint density at radius 1 is 1.26 bits per heavy atom. The van der Waals surface area contributed by atoms with Crippen molar-refractivity contribution in [2.24, 2.45) is 0 Å². The molecule has 0 unspecified atom stereocenters. The molecule has 0 saturated carbocycles. The third-order valence-corrected chi connectivity index (χ3v) is 3.96. The molecule has 2 aromatic rings. The standard InChI is InChI=1S/C14H14O4S/c1-18-14(17)5-4-11(16)13-7-10-3-2-9(8-15)6-12(10)19-13/h2-3,6-7,15H,4-5,8H2,1H3. The lowest BCUT2D eigenvalue weighted by atomic mass is 10.1. The maximum Gasteiger partial charge on any atom is 0.305 e. The number of aliphatic hydroxyl groups excluding tert-OH is 1. The summed E-state index contributed by atoms with van der Waals surface area (Å²) in [6.45, 7) is -0.0144. The molecule has 0 aliphatic carbocycles. The van der Waals surface area contributed by atoms with E-state index in [-0.39, 0.29) is 31.2 Å². The molecule has 0 bridgehead atoms. The zero-order valence-electron chi connectivity index (χ0n) is 10.5. The number of hydrogen-bond donors (Lipinski definition) is 1. The maximum absolute atomic E-state index is 11.9. The molecule has 0 aliphatic rings. The SMILES string of the molecule is COC(=O)CCC(=O)c1cc2ccc(CO)cc2s1. The van der Waals surface area contributed by atoms with Crippen molar-refractivity contribution in [3.63, 3.8) is 0 Å². The highest BCUT2D eigenvalue weighted by Gasteiger charge is 2.12. The summed E-state index contributed by atoms with van der Waals surface area (Å²) in [5.41, 5.74) is 0.822. The summed E-state index contributed by atoms with van der Waals surface area (Å²) in [5, 5.41) is 10.0. The van der Waals surface area contributed by atoms with Gasteiger partial charge in [-0.2, -0.15) is 0 Å². The van der Waals surface area contributed by atoms with Gasteiger partial charge in [-0.05, 0) is 23.1 Å². The van der Waals surface area contributed by atoms with Crippen molar-refractivity contribution < 1.29 is 19.4 Å². The monoisotopic (exact) mass is 278 g/mol. The molecule has 4 nitrogen and oxygen atoms in total. The van der Waals surface area contributed by atoms with Gasteiger partial charge in [-0.15, -0.1) is 11.3 Å². The second kappa shape index (κ2) is 5.95. The molecule has 0 saturated heterocycles. The fourth-order valence-electron chi connectivity index (χ4n) is 1.75. The van der Waals surface area contributed by atoms with Crippen LogP contribution in [0.15, 0.2) is 24.3 Å². The zero-order chi connectivity index (χ0) is 13.8. The largest absolute Gasteiger partial charge is 0.469 e. The molecule has 0 amide bonds. The van der Waals surface area contributed by atoms with E-state index in [0.717, 1.165) is 15.6 Å². The number of esters is 1. The van der Waals surface area contributed by atoms with E-state index in [4.69, 9.17) is 5.11 Å². The Morgan fingerprint density at radius 2 is 2.05 bits per heavy atom. The number of benzene rings is 1. The normalized spacial score (nSPS) is 10.6. The first kappa shape index (κ1) is 13.7. The summed E-state index contributed by atoms with van der Waals surface area (Å²) in [4.78, 5) is 23.6. The molecule has 0 spiro atoms. The Morgan fingerprint density at radius 3 is 2.74 bits per heavy atom. The van der Waals surface area contributed by atoms with Crippen LogP contribution in [0.25, 0.3) is 10.1 Å². The van der Waals surface area contributed by atoms with E-state index in [9.17, 15) is 9.59 Å². The Hall–Kier alpha value is -1.72. The van der Waals surface area contributed by atoms with Crippen molar-refractivity contribution in [3.8, 4) is 0 Å². The predicted octanol–water partition coefficient (Wildman–Crippen LogP) is 2.53. The number of ether oxygens (including phenoxy) is 1. The Balaban J connectivity index is 2.16. The van der Waals surface area contributed by atoms with E-state index >= 15 is 0 Å².